The van der Waals surface area contributed by atoms with Gasteiger partial charge in [0.15, 0.2) is 0 Å². The molecule has 258 valence electrons. The molecule has 0 saturated heterocycles. The minimum atomic E-state index is 0.965. The Labute approximate surface area is 323 Å². The zero-order chi connectivity index (χ0) is 36.7. The van der Waals surface area contributed by atoms with Gasteiger partial charge in [0.25, 0.3) is 0 Å². The van der Waals surface area contributed by atoms with E-state index in [9.17, 15) is 0 Å². The van der Waals surface area contributed by atoms with Gasteiger partial charge in [0.1, 0.15) is 0 Å². The number of para-hydroxylation sites is 1. The monoisotopic (exact) mass is 708 g/mol. The first-order valence-electron chi connectivity index (χ1n) is 19.3. The van der Waals surface area contributed by atoms with Crippen LogP contribution in [0.1, 0.15) is 0 Å². The molecule has 2 nitrogen and oxygen atoms in total. The lowest BCUT2D eigenvalue weighted by Gasteiger charge is -2.22. The van der Waals surface area contributed by atoms with Gasteiger partial charge < -0.3 is 0 Å². The second-order valence-electron chi connectivity index (χ2n) is 14.8. The van der Waals surface area contributed by atoms with Crippen LogP contribution >= 0.6 is 0 Å². The first-order chi connectivity index (χ1) is 27.8. The van der Waals surface area contributed by atoms with Crippen LogP contribution in [0.3, 0.4) is 0 Å². The summed E-state index contributed by atoms with van der Waals surface area (Å²) in [5, 5.41) is 11.8. The van der Waals surface area contributed by atoms with Crippen molar-refractivity contribution in [2.75, 3.05) is 0 Å². The molecular weight excluding hydrogens is 677 g/mol. The highest BCUT2D eigenvalue weighted by molar-refractivity contribution is 6.29. The van der Waals surface area contributed by atoms with Crippen molar-refractivity contribution in [3.05, 3.63) is 215 Å². The molecule has 10 aromatic carbocycles. The van der Waals surface area contributed by atoms with Gasteiger partial charge in [0.2, 0.25) is 0 Å². The maximum Gasteiger partial charge on any atom is 0.0817 e. The van der Waals surface area contributed by atoms with Gasteiger partial charge in [-0.2, -0.15) is 0 Å². The van der Waals surface area contributed by atoms with Crippen molar-refractivity contribution >= 4 is 43.7 Å². The molecule has 0 radical (unpaired) electrons. The van der Waals surface area contributed by atoms with Crippen LogP contribution < -0.4 is 10.7 Å². The van der Waals surface area contributed by atoms with Crippen molar-refractivity contribution in [2.45, 2.75) is 0 Å². The van der Waals surface area contributed by atoms with E-state index in [1.165, 1.54) is 82.0 Å². The van der Waals surface area contributed by atoms with Crippen LogP contribution in [0.5, 0.6) is 0 Å². The Balaban J connectivity index is 1.25. The molecule has 0 atom stereocenters. The van der Waals surface area contributed by atoms with Crippen LogP contribution in [-0.2, 0) is 0 Å². The molecule has 0 spiro atoms. The lowest BCUT2D eigenvalue weighted by atomic mass is 9.81. The Hall–Kier alpha value is -7.42. The zero-order valence-electron chi connectivity index (χ0n) is 30.4. The Bertz CT molecular complexity index is 3480. The maximum atomic E-state index is 5.34. The minimum Gasteiger partial charge on any atom is -0.248 e. The summed E-state index contributed by atoms with van der Waals surface area (Å²) in [6.07, 6.45) is 0. The smallest absolute Gasteiger partial charge is 0.0817 e. The van der Waals surface area contributed by atoms with Gasteiger partial charge in [-0.1, -0.05) is 170 Å². The van der Waals surface area contributed by atoms with Crippen molar-refractivity contribution in [2.24, 2.45) is 9.98 Å². The van der Waals surface area contributed by atoms with E-state index < -0.39 is 0 Å². The molecule has 0 saturated carbocycles. The number of rotatable bonds is 4. The molecule has 0 N–H and O–H groups in total. The topological polar surface area (TPSA) is 24.7 Å². The molecule has 2 heteroatoms. The maximum absolute atomic E-state index is 5.34. The molecule has 0 amide bonds. The van der Waals surface area contributed by atoms with Crippen molar-refractivity contribution in [3.63, 3.8) is 0 Å². The third-order valence-corrected chi connectivity index (χ3v) is 11.8. The third kappa shape index (κ3) is 4.44. The van der Waals surface area contributed by atoms with E-state index in [1.54, 1.807) is 0 Å². The average molecular weight is 709 g/mol. The molecule has 0 aliphatic carbocycles. The first kappa shape index (κ1) is 31.0. The number of hydrogen-bond donors (Lipinski definition) is 0. The summed E-state index contributed by atoms with van der Waals surface area (Å²) in [6, 6.07) is 70.4. The number of fused-ring (bicyclic) bond motifs is 12. The van der Waals surface area contributed by atoms with Crippen LogP contribution in [0.15, 0.2) is 204 Å². The number of hydrogen-bond acceptors (Lipinski definition) is 2. The standard InChI is InChI=1S/C54H32N2/c1-2-15-33(16-3-1)34-17-4-5-18-35(34)36-19-6-9-23-40(36)44-29-31-48-52(53-49(55-48)32-30-45-41-24-12-13-28-47(41)56-54(45)53)51(44)46-27-14-26-43-39-21-8-7-20-37(39)38-22-10-11-25-42(38)50(43)46/h1-32H. The summed E-state index contributed by atoms with van der Waals surface area (Å²) in [7, 11) is 0. The normalized spacial score (nSPS) is 12.2. The minimum absolute atomic E-state index is 0.965. The fourth-order valence-corrected chi connectivity index (χ4v) is 9.45. The molecule has 0 unspecified atom stereocenters. The molecule has 0 aromatic heterocycles. The zero-order valence-corrected chi connectivity index (χ0v) is 30.4. The van der Waals surface area contributed by atoms with E-state index in [0.717, 1.165) is 38.4 Å². The number of nitrogens with zero attached hydrogens (tertiary/aromatic N) is 2. The summed E-state index contributed by atoms with van der Waals surface area (Å²) in [4.78, 5) is 10.7. The largest absolute Gasteiger partial charge is 0.248 e. The van der Waals surface area contributed by atoms with E-state index >= 15 is 0 Å². The molecule has 10 aromatic rings. The van der Waals surface area contributed by atoms with Crippen LogP contribution in [0.2, 0.25) is 0 Å². The van der Waals surface area contributed by atoms with Crippen molar-refractivity contribution in [1.29, 1.82) is 0 Å². The van der Waals surface area contributed by atoms with Crippen molar-refractivity contribution < 1.29 is 0 Å². The quantitative estimate of drug-likeness (QED) is 0.163. The van der Waals surface area contributed by atoms with Gasteiger partial charge in [0.05, 0.1) is 22.1 Å². The van der Waals surface area contributed by atoms with Gasteiger partial charge >= 0.3 is 0 Å². The predicted molar refractivity (Wildman–Crippen MR) is 232 cm³/mol. The molecule has 2 heterocycles. The average Bonchev–Trinajstić information content (AvgIpc) is 3.85. The molecule has 56 heavy (non-hydrogen) atoms. The summed E-state index contributed by atoms with van der Waals surface area (Å²) in [6.45, 7) is 0. The molecule has 2 aliphatic heterocycles. The summed E-state index contributed by atoms with van der Waals surface area (Å²) < 4.78 is 0. The summed E-state index contributed by atoms with van der Waals surface area (Å²) in [5.74, 6) is 0. The first-order valence-corrected chi connectivity index (χ1v) is 19.3. The van der Waals surface area contributed by atoms with Gasteiger partial charge in [-0.05, 0) is 95.5 Å². The second-order valence-corrected chi connectivity index (χ2v) is 14.8. The fraction of sp³-hybridized carbons (Fsp3) is 0. The predicted octanol–water partition coefficient (Wildman–Crippen LogP) is 13.3. The van der Waals surface area contributed by atoms with Gasteiger partial charge in [-0.15, -0.1) is 0 Å². The number of benzene rings is 10. The highest BCUT2D eigenvalue weighted by atomic mass is 14.8. The second kappa shape index (κ2) is 12.0. The Morgan fingerprint density at radius 3 is 1.57 bits per heavy atom. The van der Waals surface area contributed by atoms with E-state index in [-0.39, 0.29) is 0 Å². The highest BCUT2D eigenvalue weighted by Gasteiger charge is 2.29. The van der Waals surface area contributed by atoms with Gasteiger partial charge in [-0.3, -0.25) is 0 Å². The third-order valence-electron chi connectivity index (χ3n) is 11.8. The Kier molecular flexibility index (Phi) is 6.66. The molecule has 0 fully saturated rings. The lowest BCUT2D eigenvalue weighted by molar-refractivity contribution is 1.36. The van der Waals surface area contributed by atoms with Gasteiger partial charge in [0, 0.05) is 27.1 Å². The van der Waals surface area contributed by atoms with E-state index in [2.05, 4.69) is 194 Å². The summed E-state index contributed by atoms with van der Waals surface area (Å²) >= 11 is 0. The summed E-state index contributed by atoms with van der Waals surface area (Å²) in [5.41, 5.74) is 13.7. The molecular formula is C54H32N2. The van der Waals surface area contributed by atoms with E-state index in [0.29, 0.717) is 0 Å². The molecule has 2 aliphatic rings. The van der Waals surface area contributed by atoms with Crippen LogP contribution in [0.25, 0.3) is 88.0 Å². The van der Waals surface area contributed by atoms with Crippen molar-refractivity contribution in [1.82, 2.24) is 0 Å². The SMILES string of the molecule is c1ccc(-c2ccccc2-c2ccccc2-c2ccc3c(c2-c2cccc4c5ccccc5c5ccccc5c24)-c2c4c(ccc2=N3)=c2ccccc2=N4)cc1. The highest BCUT2D eigenvalue weighted by Crippen LogP contribution is 2.53. The lowest BCUT2D eigenvalue weighted by Crippen LogP contribution is -2.02. The molecule has 0 bridgehead atoms. The Morgan fingerprint density at radius 1 is 0.268 bits per heavy atom. The van der Waals surface area contributed by atoms with Crippen LogP contribution in [-0.4, -0.2) is 0 Å². The molecule has 12 rings (SSSR count). The van der Waals surface area contributed by atoms with Crippen LogP contribution in [0, 0.1) is 10.4 Å². The van der Waals surface area contributed by atoms with E-state index in [4.69, 9.17) is 9.98 Å². The van der Waals surface area contributed by atoms with Crippen molar-refractivity contribution in [3.8, 4) is 55.6 Å². The van der Waals surface area contributed by atoms with E-state index in [1.807, 2.05) is 0 Å². The van der Waals surface area contributed by atoms with Crippen LogP contribution in [0.4, 0.5) is 11.4 Å². The fourth-order valence-electron chi connectivity index (χ4n) is 9.45. The van der Waals surface area contributed by atoms with Gasteiger partial charge in [-0.25, -0.2) is 9.98 Å². The Morgan fingerprint density at radius 2 is 0.821 bits per heavy atom.